The van der Waals surface area contributed by atoms with E-state index in [0.29, 0.717) is 0 Å². The quantitative estimate of drug-likeness (QED) is 0.648. The third kappa shape index (κ3) is 2.43. The summed E-state index contributed by atoms with van der Waals surface area (Å²) in [7, 11) is 0. The monoisotopic (exact) mass is 267 g/mol. The number of carbonyl (C=O) groups excluding carboxylic acids is 1. The first-order chi connectivity index (χ1) is 8.58. The molecule has 8 nitrogen and oxygen atoms in total. The van der Waals surface area contributed by atoms with Crippen molar-refractivity contribution >= 4 is 29.1 Å². The number of anilines is 1. The van der Waals surface area contributed by atoms with E-state index < -0.39 is 10.8 Å². The fraction of sp³-hybridized carbons (Fsp3) is 0. The minimum Gasteiger partial charge on any atom is -0.291 e. The molecular weight excluding hydrogens is 262 g/mol. The molecule has 0 aliphatic carbocycles. The highest BCUT2D eigenvalue weighted by atomic mass is 35.5. The van der Waals surface area contributed by atoms with Crippen molar-refractivity contribution in [2.24, 2.45) is 0 Å². The molecule has 0 fully saturated rings. The first-order valence-corrected chi connectivity index (χ1v) is 5.06. The normalized spacial score (nSPS) is 10.1. The molecule has 2 N–H and O–H groups in total. The Kier molecular flexibility index (Phi) is 3.20. The molecule has 0 bridgehead atoms. The van der Waals surface area contributed by atoms with E-state index in [-0.39, 0.29) is 22.2 Å². The van der Waals surface area contributed by atoms with Crippen molar-refractivity contribution in [3.05, 3.63) is 45.2 Å². The topological polar surface area (TPSA) is 114 Å². The number of hydrogen-bond donors (Lipinski definition) is 2. The number of rotatable bonds is 3. The molecule has 0 radical (unpaired) electrons. The summed E-state index contributed by atoms with van der Waals surface area (Å²) >= 11 is 5.64. The maximum absolute atomic E-state index is 11.8. The zero-order chi connectivity index (χ0) is 13.1. The lowest BCUT2D eigenvalue weighted by molar-refractivity contribution is -0.385. The van der Waals surface area contributed by atoms with Gasteiger partial charge in [0.15, 0.2) is 0 Å². The van der Waals surface area contributed by atoms with Gasteiger partial charge in [0.05, 0.1) is 4.92 Å². The van der Waals surface area contributed by atoms with E-state index >= 15 is 0 Å². The molecule has 0 atom stereocenters. The number of amides is 1. The molecule has 0 aliphatic rings. The highest BCUT2D eigenvalue weighted by Crippen LogP contribution is 2.23. The molecule has 92 valence electrons. The highest BCUT2D eigenvalue weighted by molar-refractivity contribution is 6.31. The van der Waals surface area contributed by atoms with E-state index in [9.17, 15) is 14.9 Å². The van der Waals surface area contributed by atoms with Crippen molar-refractivity contribution in [2.45, 2.75) is 0 Å². The van der Waals surface area contributed by atoms with Crippen molar-refractivity contribution in [2.75, 3.05) is 5.32 Å². The number of aromatic amines is 1. The number of carbonyl (C=O) groups is 1. The smallest absolute Gasteiger partial charge is 0.283 e. The number of nitro groups is 1. The number of nitrogens with one attached hydrogen (secondary N) is 2. The molecule has 18 heavy (non-hydrogen) atoms. The van der Waals surface area contributed by atoms with Crippen LogP contribution in [-0.4, -0.2) is 26.0 Å². The Hall–Kier alpha value is -2.48. The Morgan fingerprint density at radius 3 is 2.89 bits per heavy atom. The average molecular weight is 268 g/mol. The first kappa shape index (κ1) is 12.0. The van der Waals surface area contributed by atoms with Crippen LogP contribution in [0.15, 0.2) is 24.5 Å². The van der Waals surface area contributed by atoms with Gasteiger partial charge in [-0.1, -0.05) is 11.6 Å². The van der Waals surface area contributed by atoms with E-state index in [0.717, 1.165) is 6.07 Å². The van der Waals surface area contributed by atoms with Crippen molar-refractivity contribution in [3.8, 4) is 0 Å². The second kappa shape index (κ2) is 4.80. The van der Waals surface area contributed by atoms with Crippen LogP contribution in [0.3, 0.4) is 0 Å². The van der Waals surface area contributed by atoms with Crippen LogP contribution in [0.2, 0.25) is 5.02 Å². The molecule has 0 spiro atoms. The van der Waals surface area contributed by atoms with Gasteiger partial charge in [0.2, 0.25) is 5.95 Å². The van der Waals surface area contributed by atoms with Gasteiger partial charge >= 0.3 is 0 Å². The lowest BCUT2D eigenvalue weighted by Gasteiger charge is -2.03. The summed E-state index contributed by atoms with van der Waals surface area (Å²) in [5, 5.41) is 19.3. The minimum atomic E-state index is -0.679. The SMILES string of the molecule is O=C(Nc1ncn[nH]1)c1ccc(Cl)cc1[N+](=O)[O-]. The Morgan fingerprint density at radius 2 is 2.28 bits per heavy atom. The van der Waals surface area contributed by atoms with Crippen LogP contribution in [0, 0.1) is 10.1 Å². The predicted octanol–water partition coefficient (Wildman–Crippen LogP) is 1.62. The molecule has 2 rings (SSSR count). The van der Waals surface area contributed by atoms with Crippen molar-refractivity contribution in [3.63, 3.8) is 0 Å². The zero-order valence-corrected chi connectivity index (χ0v) is 9.51. The number of aromatic nitrogens is 3. The maximum atomic E-state index is 11.8. The summed E-state index contributed by atoms with van der Waals surface area (Å²) < 4.78 is 0. The molecule has 1 aromatic carbocycles. The molecule has 2 aromatic rings. The van der Waals surface area contributed by atoms with Crippen LogP contribution < -0.4 is 5.32 Å². The van der Waals surface area contributed by atoms with Gasteiger partial charge in [-0.05, 0) is 12.1 Å². The predicted molar refractivity (Wildman–Crippen MR) is 62.4 cm³/mol. The Morgan fingerprint density at radius 1 is 1.50 bits per heavy atom. The maximum Gasteiger partial charge on any atom is 0.283 e. The Bertz CT molecular complexity index is 598. The average Bonchev–Trinajstić information content (AvgIpc) is 2.81. The largest absolute Gasteiger partial charge is 0.291 e. The van der Waals surface area contributed by atoms with Gasteiger partial charge < -0.3 is 0 Å². The number of benzene rings is 1. The molecular formula is C9H6ClN5O3. The number of halogens is 1. The molecule has 0 aliphatic heterocycles. The van der Waals surface area contributed by atoms with Gasteiger partial charge in [-0.2, -0.15) is 10.1 Å². The van der Waals surface area contributed by atoms with E-state index in [1.54, 1.807) is 0 Å². The van der Waals surface area contributed by atoms with E-state index in [1.165, 1.54) is 18.5 Å². The van der Waals surface area contributed by atoms with Gasteiger partial charge in [-0.15, -0.1) is 0 Å². The molecule has 1 heterocycles. The zero-order valence-electron chi connectivity index (χ0n) is 8.75. The Labute approximate surface area is 105 Å². The third-order valence-corrected chi connectivity index (χ3v) is 2.28. The van der Waals surface area contributed by atoms with Crippen molar-refractivity contribution < 1.29 is 9.72 Å². The van der Waals surface area contributed by atoms with Crippen molar-refractivity contribution in [1.82, 2.24) is 15.2 Å². The Balaban J connectivity index is 2.32. The van der Waals surface area contributed by atoms with Crippen LogP contribution in [0.1, 0.15) is 10.4 Å². The second-order valence-corrected chi connectivity index (χ2v) is 3.64. The summed E-state index contributed by atoms with van der Waals surface area (Å²) in [6.45, 7) is 0. The van der Waals surface area contributed by atoms with Gasteiger partial charge in [-0.3, -0.25) is 20.2 Å². The number of nitrogens with zero attached hydrogens (tertiary/aromatic N) is 3. The fourth-order valence-corrected chi connectivity index (χ4v) is 1.45. The molecule has 1 amide bonds. The van der Waals surface area contributed by atoms with E-state index in [4.69, 9.17) is 11.6 Å². The number of H-pyrrole nitrogens is 1. The summed E-state index contributed by atoms with van der Waals surface area (Å²) in [6.07, 6.45) is 1.20. The van der Waals surface area contributed by atoms with Gasteiger partial charge in [0.1, 0.15) is 11.9 Å². The molecule has 1 aromatic heterocycles. The fourth-order valence-electron chi connectivity index (χ4n) is 1.29. The molecule has 0 saturated heterocycles. The lowest BCUT2D eigenvalue weighted by atomic mass is 10.1. The van der Waals surface area contributed by atoms with E-state index in [1.807, 2.05) is 0 Å². The molecule has 0 saturated carbocycles. The summed E-state index contributed by atoms with van der Waals surface area (Å²) in [6, 6.07) is 3.77. The highest BCUT2D eigenvalue weighted by Gasteiger charge is 2.21. The summed E-state index contributed by atoms with van der Waals surface area (Å²) in [5.74, 6) is -0.570. The second-order valence-electron chi connectivity index (χ2n) is 3.21. The van der Waals surface area contributed by atoms with Gasteiger partial charge in [-0.25, -0.2) is 5.10 Å². The molecule has 9 heteroatoms. The van der Waals surface area contributed by atoms with Crippen LogP contribution in [0.5, 0.6) is 0 Å². The number of nitro benzene ring substituents is 1. The van der Waals surface area contributed by atoms with Gasteiger partial charge in [0.25, 0.3) is 11.6 Å². The van der Waals surface area contributed by atoms with Crippen LogP contribution in [0.4, 0.5) is 11.6 Å². The van der Waals surface area contributed by atoms with Gasteiger partial charge in [0, 0.05) is 11.1 Å². The number of hydrogen-bond acceptors (Lipinski definition) is 5. The lowest BCUT2D eigenvalue weighted by Crippen LogP contribution is -2.14. The van der Waals surface area contributed by atoms with Crippen LogP contribution >= 0.6 is 11.6 Å². The minimum absolute atomic E-state index is 0.101. The summed E-state index contributed by atoms with van der Waals surface area (Å²) in [4.78, 5) is 25.6. The first-order valence-electron chi connectivity index (χ1n) is 4.68. The van der Waals surface area contributed by atoms with E-state index in [2.05, 4.69) is 20.5 Å². The van der Waals surface area contributed by atoms with Crippen LogP contribution in [0.25, 0.3) is 0 Å². The van der Waals surface area contributed by atoms with Crippen LogP contribution in [-0.2, 0) is 0 Å². The van der Waals surface area contributed by atoms with Crippen molar-refractivity contribution in [1.29, 1.82) is 0 Å². The summed E-state index contributed by atoms with van der Waals surface area (Å²) in [5.41, 5.74) is -0.486. The standard InChI is InChI=1S/C9H6ClN5O3/c10-5-1-2-6(7(3-5)15(17)18)8(16)13-9-11-4-12-14-9/h1-4H,(H2,11,12,13,14,16). The third-order valence-electron chi connectivity index (χ3n) is 2.05. The molecule has 0 unspecified atom stereocenters.